The Morgan fingerprint density at radius 1 is 0.545 bits per heavy atom. The van der Waals surface area contributed by atoms with Crippen molar-refractivity contribution in [1.82, 2.24) is 0 Å². The zero-order chi connectivity index (χ0) is 22.0. The minimum atomic E-state index is -2.47. The number of aryl methyl sites for hydroxylation is 1. The molecule has 0 atom stereocenters. The fourth-order valence-electron chi connectivity index (χ4n) is 5.87. The molecule has 0 bridgehead atoms. The second kappa shape index (κ2) is 6.81. The van der Waals surface area contributed by atoms with Gasteiger partial charge >= 0.3 is 0 Å². The van der Waals surface area contributed by atoms with Crippen molar-refractivity contribution in [2.75, 3.05) is 0 Å². The van der Waals surface area contributed by atoms with Crippen LogP contribution in [0.25, 0.3) is 33.1 Å². The molecule has 0 fully saturated rings. The Kier molecular flexibility index (Phi) is 3.85. The number of benzene rings is 5. The summed E-state index contributed by atoms with van der Waals surface area (Å²) in [5.41, 5.74) is 5.86. The maximum absolute atomic E-state index is 6.49. The summed E-state index contributed by atoms with van der Waals surface area (Å²) >= 11 is 0. The van der Waals surface area contributed by atoms with Gasteiger partial charge in [-0.05, 0) is 56.5 Å². The molecule has 0 amide bonds. The van der Waals surface area contributed by atoms with Crippen LogP contribution >= 0.6 is 0 Å². The zero-order valence-corrected chi connectivity index (χ0v) is 19.4. The molecular formula is C31H22OSi. The largest absolute Gasteiger partial charge is 0.456 e. The SMILES string of the molecule is Cc1cccc2c1oc1cc3c(cc12)-c1ccccc1[Si]3(c1ccccc1)c1ccccc1. The summed E-state index contributed by atoms with van der Waals surface area (Å²) in [6.45, 7) is 2.13. The molecule has 156 valence electrons. The molecule has 0 N–H and O–H groups in total. The monoisotopic (exact) mass is 438 g/mol. The molecule has 5 aromatic carbocycles. The van der Waals surface area contributed by atoms with E-state index in [9.17, 15) is 0 Å². The number of furan rings is 1. The fourth-order valence-corrected chi connectivity index (χ4v) is 11.1. The number of hydrogen-bond donors (Lipinski definition) is 0. The molecule has 1 aliphatic heterocycles. The maximum atomic E-state index is 6.49. The molecule has 0 saturated heterocycles. The minimum absolute atomic E-state index is 0.981. The van der Waals surface area contributed by atoms with Gasteiger partial charge < -0.3 is 4.42 Å². The van der Waals surface area contributed by atoms with Crippen molar-refractivity contribution in [2.45, 2.75) is 6.92 Å². The van der Waals surface area contributed by atoms with Crippen LogP contribution < -0.4 is 20.7 Å². The molecule has 0 saturated carbocycles. The van der Waals surface area contributed by atoms with Gasteiger partial charge in [0.25, 0.3) is 0 Å². The molecule has 0 radical (unpaired) electrons. The van der Waals surface area contributed by atoms with Gasteiger partial charge in [-0.1, -0.05) is 103 Å². The Bertz CT molecular complexity index is 1620. The van der Waals surface area contributed by atoms with E-state index in [2.05, 4.69) is 122 Å². The van der Waals surface area contributed by atoms with Crippen molar-refractivity contribution in [3.8, 4) is 11.1 Å². The Hall–Kier alpha value is -3.88. The van der Waals surface area contributed by atoms with Gasteiger partial charge in [-0.2, -0.15) is 0 Å². The molecule has 2 heterocycles. The van der Waals surface area contributed by atoms with Crippen molar-refractivity contribution in [3.63, 3.8) is 0 Å². The minimum Gasteiger partial charge on any atom is -0.456 e. The molecule has 0 unspecified atom stereocenters. The lowest BCUT2D eigenvalue weighted by Gasteiger charge is -2.31. The van der Waals surface area contributed by atoms with E-state index in [4.69, 9.17) is 4.42 Å². The number of fused-ring (bicyclic) bond motifs is 6. The third-order valence-corrected chi connectivity index (χ3v) is 12.1. The van der Waals surface area contributed by atoms with Crippen LogP contribution in [-0.4, -0.2) is 8.07 Å². The lowest BCUT2D eigenvalue weighted by atomic mass is 10.0. The summed E-state index contributed by atoms with van der Waals surface area (Å²) in [4.78, 5) is 0. The maximum Gasteiger partial charge on any atom is 0.181 e. The van der Waals surface area contributed by atoms with E-state index in [0.29, 0.717) is 0 Å². The summed E-state index contributed by atoms with van der Waals surface area (Å²) in [5, 5.41) is 8.11. The second-order valence-electron chi connectivity index (χ2n) is 8.98. The van der Waals surface area contributed by atoms with Crippen molar-refractivity contribution < 1.29 is 4.42 Å². The standard InChI is InChI=1S/C31H22OSi/c1-21-11-10-17-25-26-19-27-24-16-8-9-18-29(24)33(22-12-4-2-5-13-22,23-14-6-3-7-15-23)30(27)20-28(26)32-31(21)25/h2-20H,1H3. The van der Waals surface area contributed by atoms with Gasteiger partial charge in [0.15, 0.2) is 8.07 Å². The Labute approximate surface area is 194 Å². The predicted molar refractivity (Wildman–Crippen MR) is 141 cm³/mol. The van der Waals surface area contributed by atoms with Crippen LogP contribution in [0.1, 0.15) is 5.56 Å². The van der Waals surface area contributed by atoms with E-state index in [1.807, 2.05) is 0 Å². The van der Waals surface area contributed by atoms with Crippen molar-refractivity contribution in [2.24, 2.45) is 0 Å². The molecule has 0 aliphatic carbocycles. The first-order valence-electron chi connectivity index (χ1n) is 11.5. The Morgan fingerprint density at radius 3 is 1.94 bits per heavy atom. The van der Waals surface area contributed by atoms with Gasteiger partial charge in [-0.15, -0.1) is 0 Å². The molecule has 2 heteroatoms. The molecule has 1 aromatic heterocycles. The van der Waals surface area contributed by atoms with Gasteiger partial charge in [0.1, 0.15) is 11.2 Å². The van der Waals surface area contributed by atoms with Crippen LogP contribution in [0.3, 0.4) is 0 Å². The van der Waals surface area contributed by atoms with Gasteiger partial charge in [0.05, 0.1) is 0 Å². The summed E-state index contributed by atoms with van der Waals surface area (Å²) < 4.78 is 6.49. The van der Waals surface area contributed by atoms with Crippen LogP contribution in [-0.2, 0) is 0 Å². The first-order valence-corrected chi connectivity index (χ1v) is 13.5. The van der Waals surface area contributed by atoms with E-state index in [-0.39, 0.29) is 0 Å². The zero-order valence-electron chi connectivity index (χ0n) is 18.4. The highest BCUT2D eigenvalue weighted by molar-refractivity contribution is 7.22. The predicted octanol–water partition coefficient (Wildman–Crippen LogP) is 5.25. The van der Waals surface area contributed by atoms with Crippen molar-refractivity contribution in [1.29, 1.82) is 0 Å². The molecular weight excluding hydrogens is 416 g/mol. The highest BCUT2D eigenvalue weighted by Crippen LogP contribution is 2.36. The third-order valence-electron chi connectivity index (χ3n) is 7.27. The fraction of sp³-hybridized carbons (Fsp3) is 0.0323. The second-order valence-corrected chi connectivity index (χ2v) is 12.7. The van der Waals surface area contributed by atoms with Crippen molar-refractivity contribution >= 4 is 50.8 Å². The van der Waals surface area contributed by atoms with E-state index in [0.717, 1.165) is 11.2 Å². The summed E-state index contributed by atoms with van der Waals surface area (Å²) in [5.74, 6) is 0. The Balaban J connectivity index is 1.68. The molecule has 1 aliphatic rings. The van der Waals surface area contributed by atoms with Gasteiger partial charge in [-0.3, -0.25) is 0 Å². The highest BCUT2D eigenvalue weighted by atomic mass is 28.3. The Morgan fingerprint density at radius 2 is 1.21 bits per heavy atom. The van der Waals surface area contributed by atoms with E-state index >= 15 is 0 Å². The topological polar surface area (TPSA) is 13.1 Å². The summed E-state index contributed by atoms with van der Waals surface area (Å²) in [7, 11) is -2.47. The lowest BCUT2D eigenvalue weighted by Crippen LogP contribution is -2.72. The van der Waals surface area contributed by atoms with Gasteiger partial charge in [0, 0.05) is 10.8 Å². The lowest BCUT2D eigenvalue weighted by molar-refractivity contribution is 0.666. The average molecular weight is 439 g/mol. The molecule has 33 heavy (non-hydrogen) atoms. The van der Waals surface area contributed by atoms with E-state index in [1.54, 1.807) is 0 Å². The van der Waals surface area contributed by atoms with Crippen LogP contribution in [0.2, 0.25) is 0 Å². The van der Waals surface area contributed by atoms with Crippen LogP contribution in [0.4, 0.5) is 0 Å². The van der Waals surface area contributed by atoms with Crippen LogP contribution in [0, 0.1) is 6.92 Å². The van der Waals surface area contributed by atoms with E-state index < -0.39 is 8.07 Å². The highest BCUT2D eigenvalue weighted by Gasteiger charge is 2.48. The van der Waals surface area contributed by atoms with E-state index in [1.165, 1.54) is 48.2 Å². The average Bonchev–Trinajstić information content (AvgIpc) is 3.38. The van der Waals surface area contributed by atoms with Crippen LogP contribution in [0.5, 0.6) is 0 Å². The third kappa shape index (κ3) is 2.41. The first-order chi connectivity index (χ1) is 16.3. The number of rotatable bonds is 2. The quantitative estimate of drug-likeness (QED) is 0.336. The van der Waals surface area contributed by atoms with Crippen LogP contribution in [0.15, 0.2) is 120 Å². The smallest absolute Gasteiger partial charge is 0.181 e. The van der Waals surface area contributed by atoms with Crippen molar-refractivity contribution in [3.05, 3.63) is 121 Å². The molecule has 0 spiro atoms. The molecule has 6 aromatic rings. The van der Waals surface area contributed by atoms with Gasteiger partial charge in [0.2, 0.25) is 0 Å². The molecule has 1 nitrogen and oxygen atoms in total. The first kappa shape index (κ1) is 18.7. The number of para-hydroxylation sites is 1. The molecule has 7 rings (SSSR count). The summed E-state index contributed by atoms with van der Waals surface area (Å²) in [6, 6.07) is 42.4. The van der Waals surface area contributed by atoms with Gasteiger partial charge in [-0.25, -0.2) is 0 Å². The summed E-state index contributed by atoms with van der Waals surface area (Å²) in [6.07, 6.45) is 0. The normalized spacial score (nSPS) is 13.8. The number of hydrogen-bond acceptors (Lipinski definition) is 1.